The molecule has 3 aromatic carbocycles. The van der Waals surface area contributed by atoms with Crippen LogP contribution in [0, 0.1) is 123 Å². The highest BCUT2D eigenvalue weighted by Crippen LogP contribution is 2.57. The molecule has 3 aromatic rings. The Labute approximate surface area is 242 Å². The molecule has 1 saturated carbocycles. The lowest BCUT2D eigenvalue weighted by Gasteiger charge is -2.09. The van der Waals surface area contributed by atoms with Crippen molar-refractivity contribution < 1.29 is 57.1 Å². The monoisotopic (exact) mass is 643 g/mol. The van der Waals surface area contributed by atoms with Crippen LogP contribution in [0.3, 0.4) is 0 Å². The zero-order chi connectivity index (χ0) is 34.0. The third-order valence-electron chi connectivity index (χ3n) is 6.70. The van der Waals surface area contributed by atoms with E-state index in [-0.39, 0.29) is 0 Å². The molecule has 0 atom stereocenters. The molecule has 1 fully saturated rings. The molecule has 0 N–H and O–H groups in total. The first-order chi connectivity index (χ1) is 21.0. The Morgan fingerprint density at radius 1 is 0.333 bits per heavy atom. The van der Waals surface area contributed by atoms with Crippen LogP contribution in [0.25, 0.3) is 16.7 Å². The van der Waals surface area contributed by atoms with Crippen molar-refractivity contribution in [2.45, 2.75) is 13.8 Å². The molecule has 0 amide bonds. The first kappa shape index (κ1) is 32.4. The van der Waals surface area contributed by atoms with Gasteiger partial charge in [0, 0.05) is 27.8 Å². The predicted octanol–water partition coefficient (Wildman–Crippen LogP) is 8.36. The van der Waals surface area contributed by atoms with Gasteiger partial charge in [-0.1, -0.05) is 0 Å². The molecular formula is C29H6F13N3. The quantitative estimate of drug-likeness (QED) is 0.125. The van der Waals surface area contributed by atoms with Crippen LogP contribution < -0.4 is 0 Å². The highest BCUT2D eigenvalue weighted by molar-refractivity contribution is 6.12. The minimum Gasteiger partial charge on any atom is -0.203 e. The van der Waals surface area contributed by atoms with E-state index in [0.717, 1.165) is 18.2 Å². The first-order valence-electron chi connectivity index (χ1n) is 11.6. The van der Waals surface area contributed by atoms with Gasteiger partial charge in [0.15, 0.2) is 69.8 Å². The molecule has 3 nitrogen and oxygen atoms in total. The lowest BCUT2D eigenvalue weighted by molar-refractivity contribution is 0.376. The van der Waals surface area contributed by atoms with Gasteiger partial charge in [-0.3, -0.25) is 0 Å². The summed E-state index contributed by atoms with van der Waals surface area (Å²) < 4.78 is 189. The fourth-order valence-electron chi connectivity index (χ4n) is 4.39. The van der Waals surface area contributed by atoms with E-state index in [0.29, 0.717) is 13.8 Å². The molecule has 0 heterocycles. The summed E-state index contributed by atoms with van der Waals surface area (Å²) in [5, 5.41) is 29.2. The van der Waals surface area contributed by atoms with Gasteiger partial charge < -0.3 is 0 Å². The summed E-state index contributed by atoms with van der Waals surface area (Å²) in [6.07, 6.45) is 0. The van der Waals surface area contributed by atoms with Gasteiger partial charge in [0.1, 0.15) is 18.2 Å². The second-order valence-corrected chi connectivity index (χ2v) is 9.04. The molecule has 0 unspecified atom stereocenters. The van der Waals surface area contributed by atoms with Crippen LogP contribution in [0.2, 0.25) is 0 Å². The first-order valence-corrected chi connectivity index (χ1v) is 11.6. The van der Waals surface area contributed by atoms with Gasteiger partial charge in [-0.15, -0.1) is 0 Å². The predicted molar refractivity (Wildman–Crippen MR) is 126 cm³/mol. The smallest absolute Gasteiger partial charge is 0.200 e. The van der Waals surface area contributed by atoms with Crippen molar-refractivity contribution >= 4 is 16.7 Å². The second kappa shape index (κ2) is 11.2. The van der Waals surface area contributed by atoms with Crippen LogP contribution in [0.4, 0.5) is 57.1 Å². The third-order valence-corrected chi connectivity index (χ3v) is 6.70. The van der Waals surface area contributed by atoms with Crippen molar-refractivity contribution in [3.8, 4) is 18.2 Å². The zero-order valence-electron chi connectivity index (χ0n) is 21.8. The van der Waals surface area contributed by atoms with Crippen LogP contribution in [0.15, 0.2) is 16.7 Å². The summed E-state index contributed by atoms with van der Waals surface area (Å²) in [6, 6.07) is 3.02. The molecule has 0 bridgehead atoms. The molecule has 0 aliphatic heterocycles. The van der Waals surface area contributed by atoms with E-state index in [2.05, 4.69) is 0 Å². The molecule has 4 rings (SSSR count). The van der Waals surface area contributed by atoms with E-state index in [1.165, 1.54) is 0 Å². The Morgan fingerprint density at radius 3 is 0.711 bits per heavy atom. The van der Waals surface area contributed by atoms with Gasteiger partial charge in [0.25, 0.3) is 0 Å². The SMILES string of the molecule is Cc1c(F)c(F)c(/C(C#N)=C2/C(=C(C#N)c3c(F)c(F)c(F)c(F)c3F)/C2=C(/C#N)c2c(F)c(F)c(C)c(F)c2F)c(F)c1F. The van der Waals surface area contributed by atoms with Gasteiger partial charge in [-0.05, 0) is 13.8 Å². The molecule has 16 heteroatoms. The van der Waals surface area contributed by atoms with Crippen molar-refractivity contribution in [2.24, 2.45) is 0 Å². The third kappa shape index (κ3) is 4.51. The van der Waals surface area contributed by atoms with Crippen LogP contribution in [-0.2, 0) is 0 Å². The molecule has 0 saturated heterocycles. The van der Waals surface area contributed by atoms with E-state index in [9.17, 15) is 72.9 Å². The van der Waals surface area contributed by atoms with Crippen LogP contribution in [0.1, 0.15) is 27.8 Å². The average Bonchev–Trinajstić information content (AvgIpc) is 3.74. The fraction of sp³-hybridized carbons (Fsp3) is 0.0690. The Hall–Kier alpha value is -5.56. The summed E-state index contributed by atoms with van der Waals surface area (Å²) >= 11 is 0. The van der Waals surface area contributed by atoms with E-state index in [1.54, 1.807) is 0 Å². The highest BCUT2D eigenvalue weighted by Gasteiger charge is 2.46. The lowest BCUT2D eigenvalue weighted by atomic mass is 9.99. The molecule has 0 radical (unpaired) electrons. The van der Waals surface area contributed by atoms with E-state index >= 15 is 0 Å². The van der Waals surface area contributed by atoms with Gasteiger partial charge in [0.05, 0.1) is 33.4 Å². The van der Waals surface area contributed by atoms with E-state index < -0.39 is 137 Å². The number of rotatable bonds is 3. The molecule has 228 valence electrons. The minimum atomic E-state index is -2.73. The largest absolute Gasteiger partial charge is 0.203 e. The van der Waals surface area contributed by atoms with Crippen LogP contribution >= 0.6 is 0 Å². The summed E-state index contributed by atoms with van der Waals surface area (Å²) in [7, 11) is 0. The number of allylic oxidation sites excluding steroid dienone is 6. The number of nitrogens with zero attached hydrogens (tertiary/aromatic N) is 3. The molecule has 0 spiro atoms. The standard InChI is InChI=1S/C29H6F13N3/c1-6-17(30)21(34)14(22(35)18(6)31)8(3-43)11-12(9(4-44)15-23(36)19(32)7(2)20(33)24(15)37)13(11)10(5-45)16-25(38)27(40)29(42)28(41)26(16)39/h1-2H3/b11-8-,12-9+,13-10?. The Bertz CT molecular complexity index is 1800. The number of hydrogen-bond donors (Lipinski definition) is 0. The maximum atomic E-state index is 14.9. The molecule has 0 aromatic heterocycles. The summed E-state index contributed by atoms with van der Waals surface area (Å²) in [5.74, 6) is -31.1. The summed E-state index contributed by atoms with van der Waals surface area (Å²) in [5.41, 5.74) is -17.5. The highest BCUT2D eigenvalue weighted by atomic mass is 19.2. The number of nitriles is 3. The van der Waals surface area contributed by atoms with Crippen molar-refractivity contribution in [2.75, 3.05) is 0 Å². The average molecular weight is 643 g/mol. The maximum absolute atomic E-state index is 14.9. The number of benzene rings is 3. The molecule has 45 heavy (non-hydrogen) atoms. The lowest BCUT2D eigenvalue weighted by Crippen LogP contribution is -2.06. The number of hydrogen-bond acceptors (Lipinski definition) is 3. The van der Waals surface area contributed by atoms with E-state index in [4.69, 9.17) is 0 Å². The van der Waals surface area contributed by atoms with Crippen molar-refractivity contribution in [3.05, 3.63) is 120 Å². The molecule has 1 aliphatic rings. The number of halogens is 13. The van der Waals surface area contributed by atoms with Crippen molar-refractivity contribution in [3.63, 3.8) is 0 Å². The molecule has 1 aliphatic carbocycles. The topological polar surface area (TPSA) is 71.4 Å². The summed E-state index contributed by atoms with van der Waals surface area (Å²) in [4.78, 5) is 0. The fourth-order valence-corrected chi connectivity index (χ4v) is 4.39. The maximum Gasteiger partial charge on any atom is 0.200 e. The van der Waals surface area contributed by atoms with Gasteiger partial charge in [-0.2, -0.15) is 15.8 Å². The summed E-state index contributed by atoms with van der Waals surface area (Å²) in [6.45, 7) is 1.12. The van der Waals surface area contributed by atoms with Crippen molar-refractivity contribution in [1.29, 1.82) is 15.8 Å². The van der Waals surface area contributed by atoms with Crippen LogP contribution in [0.5, 0.6) is 0 Å². The Balaban J connectivity index is 2.36. The second-order valence-electron chi connectivity index (χ2n) is 9.04. The van der Waals surface area contributed by atoms with Gasteiger partial charge >= 0.3 is 0 Å². The Morgan fingerprint density at radius 2 is 0.511 bits per heavy atom. The van der Waals surface area contributed by atoms with Gasteiger partial charge in [-0.25, -0.2) is 57.1 Å². The van der Waals surface area contributed by atoms with E-state index in [1.807, 2.05) is 0 Å². The molecular weight excluding hydrogens is 637 g/mol. The Kier molecular flexibility index (Phi) is 8.03. The zero-order valence-corrected chi connectivity index (χ0v) is 21.8. The minimum absolute atomic E-state index is 0.560. The normalized spacial score (nSPS) is 15.7. The van der Waals surface area contributed by atoms with Gasteiger partial charge in [0.2, 0.25) is 5.82 Å². The van der Waals surface area contributed by atoms with Crippen molar-refractivity contribution in [1.82, 2.24) is 0 Å². The van der Waals surface area contributed by atoms with Crippen LogP contribution in [-0.4, -0.2) is 0 Å².